The molecule has 0 radical (unpaired) electrons. The molecule has 0 amide bonds. The molecule has 3 rings (SSSR count). The number of benzene rings is 1. The van der Waals surface area contributed by atoms with E-state index in [9.17, 15) is 4.79 Å². The van der Waals surface area contributed by atoms with Gasteiger partial charge in [0.1, 0.15) is 0 Å². The molecule has 118 valence electrons. The molecule has 1 saturated heterocycles. The average molecular weight is 319 g/mol. The fourth-order valence-electron chi connectivity index (χ4n) is 2.91. The van der Waals surface area contributed by atoms with Gasteiger partial charge < -0.3 is 10.0 Å². The highest BCUT2D eigenvalue weighted by molar-refractivity contribution is 7.22. The smallest absolute Gasteiger partial charge is 0.335 e. The van der Waals surface area contributed by atoms with Crippen molar-refractivity contribution < 1.29 is 9.90 Å². The zero-order valence-electron chi connectivity index (χ0n) is 13.1. The van der Waals surface area contributed by atoms with Crippen LogP contribution >= 0.6 is 11.3 Å². The van der Waals surface area contributed by atoms with Crippen molar-refractivity contribution in [2.24, 2.45) is 0 Å². The van der Waals surface area contributed by atoms with Gasteiger partial charge >= 0.3 is 5.97 Å². The molecule has 1 unspecified atom stereocenters. The van der Waals surface area contributed by atoms with Gasteiger partial charge in [-0.3, -0.25) is 4.90 Å². The minimum absolute atomic E-state index is 0.320. The zero-order chi connectivity index (χ0) is 15.9. The van der Waals surface area contributed by atoms with Crippen molar-refractivity contribution >= 4 is 32.7 Å². The first-order valence-corrected chi connectivity index (χ1v) is 8.42. The molecule has 1 aliphatic heterocycles. The Bertz CT molecular complexity index is 698. The van der Waals surface area contributed by atoms with Crippen molar-refractivity contribution in [3.8, 4) is 0 Å². The van der Waals surface area contributed by atoms with Crippen LogP contribution < -0.4 is 4.90 Å². The molecular formula is C16H21N3O2S. The van der Waals surface area contributed by atoms with Crippen LogP contribution in [0.25, 0.3) is 10.2 Å². The van der Waals surface area contributed by atoms with Gasteiger partial charge in [0.15, 0.2) is 5.13 Å². The maximum atomic E-state index is 11.1. The van der Waals surface area contributed by atoms with E-state index in [1.807, 2.05) is 0 Å². The summed E-state index contributed by atoms with van der Waals surface area (Å²) >= 11 is 1.58. The predicted molar refractivity (Wildman–Crippen MR) is 90.1 cm³/mol. The van der Waals surface area contributed by atoms with Gasteiger partial charge in [0, 0.05) is 31.7 Å². The SMILES string of the molecule is CC(C)N1CCN(c2nc3ccc(C(=O)O)cc3s2)C(C)C1. The van der Waals surface area contributed by atoms with Gasteiger partial charge in [-0.25, -0.2) is 9.78 Å². The van der Waals surface area contributed by atoms with Gasteiger partial charge in [0.2, 0.25) is 0 Å². The summed E-state index contributed by atoms with van der Waals surface area (Å²) in [5, 5.41) is 10.1. The molecule has 22 heavy (non-hydrogen) atoms. The van der Waals surface area contributed by atoms with Crippen molar-refractivity contribution in [3.05, 3.63) is 23.8 Å². The number of fused-ring (bicyclic) bond motifs is 1. The lowest BCUT2D eigenvalue weighted by molar-refractivity contribution is 0.0697. The molecule has 0 saturated carbocycles. The molecule has 1 aromatic carbocycles. The maximum absolute atomic E-state index is 11.1. The Morgan fingerprint density at radius 1 is 1.41 bits per heavy atom. The van der Waals surface area contributed by atoms with Crippen LogP contribution in [0.2, 0.25) is 0 Å². The largest absolute Gasteiger partial charge is 0.478 e. The third kappa shape index (κ3) is 2.80. The van der Waals surface area contributed by atoms with Crippen molar-refractivity contribution in [2.45, 2.75) is 32.9 Å². The Morgan fingerprint density at radius 2 is 2.18 bits per heavy atom. The maximum Gasteiger partial charge on any atom is 0.335 e. The number of nitrogens with zero attached hydrogens (tertiary/aromatic N) is 3. The van der Waals surface area contributed by atoms with Gasteiger partial charge in [0.25, 0.3) is 0 Å². The second kappa shape index (κ2) is 5.85. The summed E-state index contributed by atoms with van der Waals surface area (Å²) < 4.78 is 0.938. The molecule has 1 aromatic heterocycles. The third-order valence-electron chi connectivity index (χ3n) is 4.26. The Morgan fingerprint density at radius 3 is 2.82 bits per heavy atom. The minimum atomic E-state index is -0.893. The average Bonchev–Trinajstić information content (AvgIpc) is 2.89. The van der Waals surface area contributed by atoms with Gasteiger partial charge in [-0.15, -0.1) is 0 Å². The summed E-state index contributed by atoms with van der Waals surface area (Å²) in [6.07, 6.45) is 0. The molecule has 6 heteroatoms. The standard InChI is InChI=1S/C16H21N3O2S/c1-10(2)18-6-7-19(11(3)9-18)16-17-13-5-4-12(15(20)21)8-14(13)22-16/h4-5,8,10-11H,6-7,9H2,1-3H3,(H,20,21). The molecule has 1 fully saturated rings. The highest BCUT2D eigenvalue weighted by atomic mass is 32.1. The van der Waals surface area contributed by atoms with E-state index < -0.39 is 5.97 Å². The van der Waals surface area contributed by atoms with Crippen molar-refractivity contribution in [1.29, 1.82) is 0 Å². The first-order chi connectivity index (χ1) is 10.5. The number of carbonyl (C=O) groups is 1. The Balaban J connectivity index is 1.86. The highest BCUT2D eigenvalue weighted by Crippen LogP contribution is 2.31. The first kappa shape index (κ1) is 15.2. The van der Waals surface area contributed by atoms with Gasteiger partial charge in [-0.2, -0.15) is 0 Å². The van der Waals surface area contributed by atoms with Crippen LogP contribution in [0.1, 0.15) is 31.1 Å². The summed E-state index contributed by atoms with van der Waals surface area (Å²) in [4.78, 5) is 20.6. The number of anilines is 1. The lowest BCUT2D eigenvalue weighted by Crippen LogP contribution is -2.53. The number of hydrogen-bond acceptors (Lipinski definition) is 5. The molecule has 1 aliphatic rings. The zero-order valence-corrected chi connectivity index (χ0v) is 13.9. The summed E-state index contributed by atoms with van der Waals surface area (Å²) in [7, 11) is 0. The van der Waals surface area contributed by atoms with Crippen molar-refractivity contribution in [2.75, 3.05) is 24.5 Å². The molecule has 0 spiro atoms. The second-order valence-electron chi connectivity index (χ2n) is 6.12. The third-order valence-corrected chi connectivity index (χ3v) is 5.31. The molecular weight excluding hydrogens is 298 g/mol. The first-order valence-electron chi connectivity index (χ1n) is 7.60. The number of piperazine rings is 1. The van der Waals surface area contributed by atoms with Crippen LogP contribution in [0.15, 0.2) is 18.2 Å². The van der Waals surface area contributed by atoms with E-state index in [1.165, 1.54) is 0 Å². The van der Waals surface area contributed by atoms with Crippen LogP contribution in [-0.2, 0) is 0 Å². The molecule has 0 bridgehead atoms. The van der Waals surface area contributed by atoms with Crippen molar-refractivity contribution in [3.63, 3.8) is 0 Å². The molecule has 2 heterocycles. The second-order valence-corrected chi connectivity index (χ2v) is 7.12. The molecule has 1 atom stereocenters. The van der Waals surface area contributed by atoms with E-state index in [1.54, 1.807) is 29.5 Å². The number of rotatable bonds is 3. The topological polar surface area (TPSA) is 56.7 Å². The number of thiazole rings is 1. The fraction of sp³-hybridized carbons (Fsp3) is 0.500. The summed E-state index contributed by atoms with van der Waals surface area (Å²) in [6.45, 7) is 9.72. The molecule has 2 aromatic rings. The number of aromatic nitrogens is 1. The van der Waals surface area contributed by atoms with E-state index in [2.05, 4.69) is 30.6 Å². The van der Waals surface area contributed by atoms with Crippen LogP contribution in [-0.4, -0.2) is 52.7 Å². The van der Waals surface area contributed by atoms with Crippen LogP contribution in [0, 0.1) is 0 Å². The van der Waals surface area contributed by atoms with Crippen LogP contribution in [0.3, 0.4) is 0 Å². The summed E-state index contributed by atoms with van der Waals surface area (Å²) in [6, 6.07) is 6.12. The van der Waals surface area contributed by atoms with E-state index in [4.69, 9.17) is 10.1 Å². The van der Waals surface area contributed by atoms with E-state index in [0.29, 0.717) is 17.6 Å². The van der Waals surface area contributed by atoms with Crippen LogP contribution in [0.5, 0.6) is 0 Å². The molecule has 0 aliphatic carbocycles. The number of aromatic carboxylic acids is 1. The number of hydrogen-bond donors (Lipinski definition) is 1. The van der Waals surface area contributed by atoms with Crippen LogP contribution in [0.4, 0.5) is 5.13 Å². The van der Waals surface area contributed by atoms with E-state index in [-0.39, 0.29) is 0 Å². The van der Waals surface area contributed by atoms with E-state index in [0.717, 1.165) is 35.0 Å². The highest BCUT2D eigenvalue weighted by Gasteiger charge is 2.27. The van der Waals surface area contributed by atoms with Gasteiger partial charge in [0.05, 0.1) is 15.8 Å². The van der Waals surface area contributed by atoms with Gasteiger partial charge in [-0.05, 0) is 39.0 Å². The molecule has 1 N–H and O–H groups in total. The number of carboxylic acid groups (broad SMARTS) is 1. The Hall–Kier alpha value is -1.66. The summed E-state index contributed by atoms with van der Waals surface area (Å²) in [5.41, 5.74) is 1.20. The Labute approximate surface area is 134 Å². The summed E-state index contributed by atoms with van der Waals surface area (Å²) in [5.74, 6) is -0.893. The molecule has 5 nitrogen and oxygen atoms in total. The minimum Gasteiger partial charge on any atom is -0.478 e. The van der Waals surface area contributed by atoms with Crippen molar-refractivity contribution in [1.82, 2.24) is 9.88 Å². The Kier molecular flexibility index (Phi) is 4.06. The fourth-order valence-corrected chi connectivity index (χ4v) is 4.04. The van der Waals surface area contributed by atoms with E-state index >= 15 is 0 Å². The lowest BCUT2D eigenvalue weighted by Gasteiger charge is -2.41. The quantitative estimate of drug-likeness (QED) is 0.942. The lowest BCUT2D eigenvalue weighted by atomic mass is 10.1. The normalized spacial score (nSPS) is 20.0. The predicted octanol–water partition coefficient (Wildman–Crippen LogP) is 2.91. The monoisotopic (exact) mass is 319 g/mol. The number of carboxylic acids is 1. The van der Waals surface area contributed by atoms with Gasteiger partial charge in [-0.1, -0.05) is 11.3 Å².